The Hall–Kier alpha value is -0.730. The van der Waals surface area contributed by atoms with Crippen molar-refractivity contribution in [2.45, 2.75) is 6.92 Å². The molecule has 0 rings (SSSR count). The summed E-state index contributed by atoms with van der Waals surface area (Å²) in [5.41, 5.74) is 0. The molecule has 0 saturated heterocycles. The van der Waals surface area contributed by atoms with Gasteiger partial charge in [0, 0.05) is 6.92 Å². The zero-order chi connectivity index (χ0) is 12.6. The lowest BCUT2D eigenvalue weighted by Crippen LogP contribution is -2.09. The predicted molar refractivity (Wildman–Crippen MR) is 54.6 cm³/mol. The Morgan fingerprint density at radius 3 is 1.62 bits per heavy atom. The highest BCUT2D eigenvalue weighted by atomic mass is 17.2. The van der Waals surface area contributed by atoms with Crippen LogP contribution in [0.25, 0.3) is 0 Å². The van der Waals surface area contributed by atoms with E-state index in [-0.39, 0.29) is 13.2 Å². The van der Waals surface area contributed by atoms with E-state index in [0.29, 0.717) is 26.4 Å². The summed E-state index contributed by atoms with van der Waals surface area (Å²) in [6.07, 6.45) is 0. The number of rotatable bonds is 8. The number of aliphatic hydroxyl groups excluding tert-OH is 2. The molecular weight excluding hydrogens is 220 g/mol. The quantitative estimate of drug-likeness (QED) is 0.323. The Morgan fingerprint density at radius 2 is 1.44 bits per heavy atom. The monoisotopic (exact) mass is 240 g/mol. The van der Waals surface area contributed by atoms with Crippen molar-refractivity contribution >= 4 is 5.97 Å². The fourth-order valence-electron chi connectivity index (χ4n) is 0.568. The van der Waals surface area contributed by atoms with Gasteiger partial charge in [0.25, 0.3) is 0 Å². The van der Waals surface area contributed by atoms with Gasteiger partial charge in [-0.3, -0.25) is 4.89 Å². The maximum Gasteiger partial charge on any atom is 0.339 e. The predicted octanol–water partition coefficient (Wildman–Crippen LogP) is -0.885. The van der Waals surface area contributed by atoms with Crippen LogP contribution in [0.1, 0.15) is 6.92 Å². The first-order chi connectivity index (χ1) is 7.68. The van der Waals surface area contributed by atoms with Crippen LogP contribution in [-0.2, 0) is 24.0 Å². The first-order valence-electron chi connectivity index (χ1n) is 4.77. The van der Waals surface area contributed by atoms with Gasteiger partial charge >= 0.3 is 5.97 Å². The number of carbonyl (C=O) groups excluding carboxylic acids is 1. The summed E-state index contributed by atoms with van der Waals surface area (Å²) >= 11 is 0. The SMILES string of the molecule is COOC(C)=O.OCCOCCOCCO. The fraction of sp³-hybridized carbons (Fsp3) is 0.889. The Kier molecular flexibility index (Phi) is 18.4. The van der Waals surface area contributed by atoms with Crippen LogP contribution < -0.4 is 0 Å². The van der Waals surface area contributed by atoms with Gasteiger partial charge in [-0.2, -0.15) is 4.89 Å². The average molecular weight is 240 g/mol. The lowest BCUT2D eigenvalue weighted by molar-refractivity contribution is -0.252. The van der Waals surface area contributed by atoms with Crippen molar-refractivity contribution in [3.63, 3.8) is 0 Å². The van der Waals surface area contributed by atoms with Gasteiger partial charge in [0.2, 0.25) is 0 Å². The van der Waals surface area contributed by atoms with Gasteiger partial charge in [0.15, 0.2) is 0 Å². The Morgan fingerprint density at radius 1 is 1.00 bits per heavy atom. The van der Waals surface area contributed by atoms with E-state index in [4.69, 9.17) is 19.7 Å². The normalized spacial score (nSPS) is 9.25. The molecule has 0 heterocycles. The molecule has 0 aromatic heterocycles. The highest BCUT2D eigenvalue weighted by molar-refractivity contribution is 5.65. The van der Waals surface area contributed by atoms with Gasteiger partial charge < -0.3 is 19.7 Å². The summed E-state index contributed by atoms with van der Waals surface area (Å²) in [5.74, 6) is -0.433. The lowest BCUT2D eigenvalue weighted by atomic mass is 10.7. The van der Waals surface area contributed by atoms with E-state index in [1.54, 1.807) is 0 Å². The van der Waals surface area contributed by atoms with Gasteiger partial charge in [-0.1, -0.05) is 0 Å². The summed E-state index contributed by atoms with van der Waals surface area (Å²) in [7, 11) is 1.28. The molecule has 0 amide bonds. The molecule has 0 unspecified atom stereocenters. The molecule has 7 heteroatoms. The van der Waals surface area contributed by atoms with E-state index >= 15 is 0 Å². The van der Waals surface area contributed by atoms with Crippen molar-refractivity contribution in [1.29, 1.82) is 0 Å². The maximum atomic E-state index is 9.70. The van der Waals surface area contributed by atoms with Gasteiger partial charge in [0.1, 0.15) is 0 Å². The van der Waals surface area contributed by atoms with E-state index in [2.05, 4.69) is 9.78 Å². The molecule has 0 aliphatic carbocycles. The van der Waals surface area contributed by atoms with E-state index in [1.807, 2.05) is 0 Å². The van der Waals surface area contributed by atoms with Crippen molar-refractivity contribution in [3.8, 4) is 0 Å². The standard InChI is InChI=1S/C6H14O4.C3H6O3/c7-1-3-9-5-6-10-4-2-8;1-3(4)6-5-2/h7-8H,1-6H2;1-2H3. The summed E-state index contributed by atoms with van der Waals surface area (Å²) in [5, 5.41) is 16.5. The summed E-state index contributed by atoms with van der Waals surface area (Å²) in [6.45, 7) is 3.00. The van der Waals surface area contributed by atoms with E-state index in [9.17, 15) is 4.79 Å². The van der Waals surface area contributed by atoms with Crippen LogP contribution in [0.3, 0.4) is 0 Å². The van der Waals surface area contributed by atoms with E-state index in [1.165, 1.54) is 14.0 Å². The minimum Gasteiger partial charge on any atom is -0.394 e. The smallest absolute Gasteiger partial charge is 0.339 e. The van der Waals surface area contributed by atoms with Crippen molar-refractivity contribution in [2.24, 2.45) is 0 Å². The lowest BCUT2D eigenvalue weighted by Gasteiger charge is -2.01. The van der Waals surface area contributed by atoms with Gasteiger partial charge in [0.05, 0.1) is 46.8 Å². The van der Waals surface area contributed by atoms with Crippen LogP contribution in [0.5, 0.6) is 0 Å². The van der Waals surface area contributed by atoms with Crippen LogP contribution >= 0.6 is 0 Å². The molecule has 0 saturated carbocycles. The summed E-state index contributed by atoms with van der Waals surface area (Å²) in [6, 6.07) is 0. The zero-order valence-corrected chi connectivity index (χ0v) is 9.68. The molecule has 0 spiro atoms. The molecule has 0 fully saturated rings. The summed E-state index contributed by atoms with van der Waals surface area (Å²) in [4.78, 5) is 17.6. The van der Waals surface area contributed by atoms with E-state index in [0.717, 1.165) is 0 Å². The average Bonchev–Trinajstić information content (AvgIpc) is 2.24. The van der Waals surface area contributed by atoms with Gasteiger partial charge in [-0.05, 0) is 0 Å². The highest BCUT2D eigenvalue weighted by Gasteiger charge is 1.86. The molecule has 0 aromatic rings. The third kappa shape index (κ3) is 23.2. The first kappa shape index (κ1) is 17.7. The molecule has 0 bridgehead atoms. The van der Waals surface area contributed by atoms with Crippen LogP contribution in [0.15, 0.2) is 0 Å². The minimum absolute atomic E-state index is 0.0417. The van der Waals surface area contributed by atoms with E-state index < -0.39 is 5.97 Å². The number of aliphatic hydroxyl groups is 2. The van der Waals surface area contributed by atoms with Crippen LogP contribution in [0, 0.1) is 0 Å². The highest BCUT2D eigenvalue weighted by Crippen LogP contribution is 1.76. The third-order valence-electron chi connectivity index (χ3n) is 1.04. The topological polar surface area (TPSA) is 94.5 Å². The van der Waals surface area contributed by atoms with Crippen LogP contribution in [0.2, 0.25) is 0 Å². The molecular formula is C9H20O7. The van der Waals surface area contributed by atoms with Gasteiger partial charge in [-0.15, -0.1) is 0 Å². The molecule has 7 nitrogen and oxygen atoms in total. The number of hydrogen-bond donors (Lipinski definition) is 2. The largest absolute Gasteiger partial charge is 0.394 e. The molecule has 0 aliphatic rings. The maximum absolute atomic E-state index is 9.70. The Bertz CT molecular complexity index is 132. The molecule has 0 atom stereocenters. The van der Waals surface area contributed by atoms with Crippen LogP contribution in [0.4, 0.5) is 0 Å². The zero-order valence-electron chi connectivity index (χ0n) is 9.68. The molecule has 0 radical (unpaired) electrons. The van der Waals surface area contributed by atoms with Gasteiger partial charge in [-0.25, -0.2) is 4.79 Å². The molecule has 98 valence electrons. The molecule has 0 aromatic carbocycles. The van der Waals surface area contributed by atoms with Crippen molar-refractivity contribution in [1.82, 2.24) is 0 Å². The third-order valence-corrected chi connectivity index (χ3v) is 1.04. The second kappa shape index (κ2) is 16.7. The van der Waals surface area contributed by atoms with Crippen molar-refractivity contribution in [2.75, 3.05) is 46.8 Å². The fourth-order valence-corrected chi connectivity index (χ4v) is 0.568. The minimum atomic E-state index is -0.433. The number of carbonyl (C=O) groups is 1. The number of hydrogen-bond acceptors (Lipinski definition) is 7. The second-order valence-corrected chi connectivity index (χ2v) is 2.41. The number of ether oxygens (including phenoxy) is 2. The summed E-state index contributed by atoms with van der Waals surface area (Å²) < 4.78 is 9.75. The Balaban J connectivity index is 0. The molecule has 2 N–H and O–H groups in total. The van der Waals surface area contributed by atoms with Crippen molar-refractivity contribution < 1.29 is 34.3 Å². The molecule has 16 heavy (non-hydrogen) atoms. The second-order valence-electron chi connectivity index (χ2n) is 2.41. The van der Waals surface area contributed by atoms with Crippen molar-refractivity contribution in [3.05, 3.63) is 0 Å². The molecule has 0 aliphatic heterocycles. The Labute approximate surface area is 94.8 Å². The van der Waals surface area contributed by atoms with Crippen LogP contribution in [-0.4, -0.2) is 62.9 Å². The first-order valence-corrected chi connectivity index (χ1v) is 4.77.